The molecule has 3 nitrogen and oxygen atoms in total. The molecule has 0 aromatic heterocycles. The number of nitriles is 1. The van der Waals surface area contributed by atoms with Gasteiger partial charge in [-0.1, -0.05) is 15.9 Å². The molecule has 0 bridgehead atoms. The van der Waals surface area contributed by atoms with Gasteiger partial charge in [0.25, 0.3) is 0 Å². The maximum absolute atomic E-state index is 13.6. The zero-order valence-corrected chi connectivity index (χ0v) is 12.9. The van der Waals surface area contributed by atoms with Crippen LogP contribution < -0.4 is 0 Å². The Morgan fingerprint density at radius 3 is 2.80 bits per heavy atom. The molecular weight excluding hydrogens is 323 g/mol. The van der Waals surface area contributed by atoms with E-state index >= 15 is 0 Å². The molecule has 0 heterocycles. The molecule has 0 N–H and O–H groups in total. The first-order valence-electron chi connectivity index (χ1n) is 6.59. The van der Waals surface area contributed by atoms with Crippen molar-refractivity contribution in [1.82, 2.24) is 4.90 Å². The number of carbonyl (C=O) groups is 1. The summed E-state index contributed by atoms with van der Waals surface area (Å²) in [4.78, 5) is 13.8. The number of hydrogen-bond donors (Lipinski definition) is 0. The van der Waals surface area contributed by atoms with E-state index in [1.807, 2.05) is 0 Å². The number of carbonyl (C=O) groups excluding carboxylic acids is 1. The number of halogens is 2. The van der Waals surface area contributed by atoms with Gasteiger partial charge < -0.3 is 4.90 Å². The Hall–Kier alpha value is -1.41. The van der Waals surface area contributed by atoms with E-state index in [0.29, 0.717) is 31.4 Å². The van der Waals surface area contributed by atoms with Crippen molar-refractivity contribution < 1.29 is 9.18 Å². The normalized spacial score (nSPS) is 16.1. The first-order chi connectivity index (χ1) is 9.48. The van der Waals surface area contributed by atoms with Crippen LogP contribution in [0.3, 0.4) is 0 Å². The molecular formula is C15H16BrFN2O. The van der Waals surface area contributed by atoms with Gasteiger partial charge >= 0.3 is 0 Å². The van der Waals surface area contributed by atoms with Gasteiger partial charge in [0.1, 0.15) is 11.2 Å². The molecule has 2 rings (SSSR count). The van der Waals surface area contributed by atoms with E-state index in [2.05, 4.69) is 22.0 Å². The standard InChI is InChI=1S/C15H16BrFN2O/c1-19(14(20)15(10-18)6-2-7-15)8-5-11-9-12(16)3-4-13(11)17/h3-4,9H,2,5-8H2,1H3. The van der Waals surface area contributed by atoms with Crippen LogP contribution in [0.2, 0.25) is 0 Å². The van der Waals surface area contributed by atoms with Gasteiger partial charge in [-0.2, -0.15) is 5.26 Å². The average molecular weight is 339 g/mol. The molecule has 0 spiro atoms. The molecule has 1 saturated carbocycles. The van der Waals surface area contributed by atoms with E-state index in [1.165, 1.54) is 6.07 Å². The number of amides is 1. The van der Waals surface area contributed by atoms with Crippen LogP contribution in [0.25, 0.3) is 0 Å². The topological polar surface area (TPSA) is 44.1 Å². The Morgan fingerprint density at radius 1 is 1.55 bits per heavy atom. The molecule has 0 unspecified atom stereocenters. The molecule has 5 heteroatoms. The Kier molecular flexibility index (Phi) is 4.44. The lowest BCUT2D eigenvalue weighted by Crippen LogP contribution is -2.46. The largest absolute Gasteiger partial charge is 0.344 e. The monoisotopic (exact) mass is 338 g/mol. The lowest BCUT2D eigenvalue weighted by molar-refractivity contribution is -0.141. The number of rotatable bonds is 4. The van der Waals surface area contributed by atoms with Gasteiger partial charge in [-0.25, -0.2) is 4.39 Å². The highest BCUT2D eigenvalue weighted by Gasteiger charge is 2.46. The summed E-state index contributed by atoms with van der Waals surface area (Å²) in [5.74, 6) is -0.408. The van der Waals surface area contributed by atoms with E-state index in [0.717, 1.165) is 10.9 Å². The average Bonchev–Trinajstić information content (AvgIpc) is 2.38. The van der Waals surface area contributed by atoms with E-state index in [9.17, 15) is 9.18 Å². The summed E-state index contributed by atoms with van der Waals surface area (Å²) >= 11 is 3.31. The van der Waals surface area contributed by atoms with Crippen molar-refractivity contribution >= 4 is 21.8 Å². The number of benzene rings is 1. The molecule has 106 valence electrons. The second-order valence-corrected chi connectivity index (χ2v) is 6.18. The molecule has 20 heavy (non-hydrogen) atoms. The van der Waals surface area contributed by atoms with Crippen molar-refractivity contribution in [3.05, 3.63) is 34.1 Å². The molecule has 1 fully saturated rings. The Morgan fingerprint density at radius 2 is 2.25 bits per heavy atom. The van der Waals surface area contributed by atoms with Crippen molar-refractivity contribution in [3.8, 4) is 6.07 Å². The van der Waals surface area contributed by atoms with Gasteiger partial charge in [0, 0.05) is 18.1 Å². The van der Waals surface area contributed by atoms with Crippen LogP contribution in [0.4, 0.5) is 4.39 Å². The maximum atomic E-state index is 13.6. The molecule has 0 aliphatic heterocycles. The minimum absolute atomic E-state index is 0.137. The highest BCUT2D eigenvalue weighted by atomic mass is 79.9. The first kappa shape index (κ1) is 15.0. The molecule has 1 amide bonds. The van der Waals surface area contributed by atoms with Gasteiger partial charge in [0.2, 0.25) is 5.91 Å². The summed E-state index contributed by atoms with van der Waals surface area (Å²) in [6, 6.07) is 6.91. The van der Waals surface area contributed by atoms with Crippen molar-refractivity contribution in [2.75, 3.05) is 13.6 Å². The van der Waals surface area contributed by atoms with Gasteiger partial charge in [0.05, 0.1) is 6.07 Å². The quantitative estimate of drug-likeness (QED) is 0.845. The fourth-order valence-corrected chi connectivity index (χ4v) is 2.80. The predicted octanol–water partition coefficient (Wildman–Crippen LogP) is 3.28. The zero-order chi connectivity index (χ0) is 14.8. The lowest BCUT2D eigenvalue weighted by Gasteiger charge is -2.36. The van der Waals surface area contributed by atoms with Gasteiger partial charge in [-0.15, -0.1) is 0 Å². The van der Waals surface area contributed by atoms with Crippen LogP contribution >= 0.6 is 15.9 Å². The van der Waals surface area contributed by atoms with Crippen molar-refractivity contribution in [1.29, 1.82) is 5.26 Å². The maximum Gasteiger partial charge on any atom is 0.242 e. The summed E-state index contributed by atoms with van der Waals surface area (Å²) < 4.78 is 14.4. The predicted molar refractivity (Wildman–Crippen MR) is 77.3 cm³/mol. The van der Waals surface area contributed by atoms with Crippen LogP contribution in [-0.4, -0.2) is 24.4 Å². The van der Waals surface area contributed by atoms with Crippen LogP contribution in [0.1, 0.15) is 24.8 Å². The zero-order valence-electron chi connectivity index (χ0n) is 11.3. The third kappa shape index (κ3) is 2.85. The number of nitrogens with zero attached hydrogens (tertiary/aromatic N) is 2. The smallest absolute Gasteiger partial charge is 0.242 e. The summed E-state index contributed by atoms with van der Waals surface area (Å²) in [5.41, 5.74) is -0.261. The van der Waals surface area contributed by atoms with Gasteiger partial charge in [-0.05, 0) is 49.4 Å². The van der Waals surface area contributed by atoms with Crippen LogP contribution in [0.5, 0.6) is 0 Å². The Labute approximate surface area is 126 Å². The molecule has 1 aromatic carbocycles. The highest BCUT2D eigenvalue weighted by molar-refractivity contribution is 9.10. The third-order valence-electron chi connectivity index (χ3n) is 3.90. The Balaban J connectivity index is 1.99. The Bertz CT molecular complexity index is 563. The lowest BCUT2D eigenvalue weighted by atomic mass is 9.69. The fourth-order valence-electron chi connectivity index (χ4n) is 2.39. The first-order valence-corrected chi connectivity index (χ1v) is 7.38. The number of hydrogen-bond acceptors (Lipinski definition) is 2. The minimum atomic E-state index is -0.829. The van der Waals surface area contributed by atoms with Gasteiger partial charge in [-0.3, -0.25) is 4.79 Å². The van der Waals surface area contributed by atoms with E-state index < -0.39 is 5.41 Å². The summed E-state index contributed by atoms with van der Waals surface area (Å²) in [5, 5.41) is 9.16. The summed E-state index contributed by atoms with van der Waals surface area (Å²) in [6.45, 7) is 0.412. The van der Waals surface area contributed by atoms with E-state index in [4.69, 9.17) is 5.26 Å². The van der Waals surface area contributed by atoms with Crippen molar-refractivity contribution in [3.63, 3.8) is 0 Å². The second kappa shape index (κ2) is 5.92. The molecule has 0 radical (unpaired) electrons. The van der Waals surface area contributed by atoms with E-state index in [-0.39, 0.29) is 11.7 Å². The third-order valence-corrected chi connectivity index (χ3v) is 4.39. The molecule has 0 atom stereocenters. The van der Waals surface area contributed by atoms with E-state index in [1.54, 1.807) is 24.1 Å². The van der Waals surface area contributed by atoms with Crippen molar-refractivity contribution in [2.24, 2.45) is 5.41 Å². The van der Waals surface area contributed by atoms with Gasteiger partial charge in [0.15, 0.2) is 0 Å². The van der Waals surface area contributed by atoms with Crippen LogP contribution in [-0.2, 0) is 11.2 Å². The molecule has 0 saturated heterocycles. The minimum Gasteiger partial charge on any atom is -0.344 e. The molecule has 1 aliphatic rings. The molecule has 1 aliphatic carbocycles. The molecule has 1 aromatic rings. The second-order valence-electron chi connectivity index (χ2n) is 5.26. The SMILES string of the molecule is CN(CCc1cc(Br)ccc1F)C(=O)C1(C#N)CCC1. The summed E-state index contributed by atoms with van der Waals surface area (Å²) in [7, 11) is 1.68. The van der Waals surface area contributed by atoms with Crippen LogP contribution in [0.15, 0.2) is 22.7 Å². The highest BCUT2D eigenvalue weighted by Crippen LogP contribution is 2.41. The number of likely N-dealkylation sites (N-methyl/N-ethyl adjacent to an activating group) is 1. The fraction of sp³-hybridized carbons (Fsp3) is 0.467. The van der Waals surface area contributed by atoms with Crippen molar-refractivity contribution in [2.45, 2.75) is 25.7 Å². The van der Waals surface area contributed by atoms with Crippen LogP contribution in [0, 0.1) is 22.6 Å². The summed E-state index contributed by atoms with van der Waals surface area (Å²) in [6.07, 6.45) is 2.64.